The fourth-order valence-electron chi connectivity index (χ4n) is 0.875. The Morgan fingerprint density at radius 2 is 2.58 bits per heavy atom. The van der Waals surface area contributed by atoms with E-state index in [1.165, 1.54) is 16.7 Å². The number of hydrogen-bond acceptors (Lipinski definition) is 5. The van der Waals surface area contributed by atoms with Gasteiger partial charge in [-0.05, 0) is 0 Å². The van der Waals surface area contributed by atoms with Crippen LogP contribution in [0.15, 0.2) is 5.16 Å². The molecule has 0 aromatic heterocycles. The van der Waals surface area contributed by atoms with Crippen molar-refractivity contribution < 1.29 is 14.7 Å². The van der Waals surface area contributed by atoms with Crippen LogP contribution in [0.1, 0.15) is 0 Å². The Balaban J connectivity index is 2.52. The van der Waals surface area contributed by atoms with E-state index in [0.717, 1.165) is 0 Å². The molecular formula is C6H10N2O3S. The molecule has 0 aliphatic carbocycles. The van der Waals surface area contributed by atoms with Crippen LogP contribution in [0.25, 0.3) is 0 Å². The molecule has 1 N–H and O–H groups in total. The molecule has 1 aliphatic heterocycles. The average molecular weight is 190 g/mol. The fraction of sp³-hybridized carbons (Fsp3) is 0.667. The van der Waals surface area contributed by atoms with Crippen LogP contribution < -0.4 is 0 Å². The van der Waals surface area contributed by atoms with Crippen molar-refractivity contribution in [1.29, 1.82) is 0 Å². The molecule has 1 aliphatic rings. The molecule has 1 heterocycles. The summed E-state index contributed by atoms with van der Waals surface area (Å²) in [5.74, 6) is 0.313. The predicted octanol–water partition coefficient (Wildman–Crippen LogP) is -0.0466. The maximum atomic E-state index is 11.1. The summed E-state index contributed by atoms with van der Waals surface area (Å²) in [6.07, 6.45) is 0. The predicted molar refractivity (Wildman–Crippen MR) is 45.3 cm³/mol. The van der Waals surface area contributed by atoms with Gasteiger partial charge in [0.25, 0.3) is 0 Å². The number of rotatable bonds is 3. The number of ether oxygens (including phenoxy) is 1. The number of carbonyl (C=O) groups excluding carboxylic acids is 1. The molecule has 0 atom stereocenters. The molecule has 1 amide bonds. The summed E-state index contributed by atoms with van der Waals surface area (Å²) in [5.41, 5.74) is 0. The van der Waals surface area contributed by atoms with E-state index in [9.17, 15) is 4.79 Å². The molecule has 0 aromatic carbocycles. The number of carbonyl (C=O) groups is 1. The van der Waals surface area contributed by atoms with Crippen molar-refractivity contribution in [2.24, 2.45) is 5.16 Å². The summed E-state index contributed by atoms with van der Waals surface area (Å²) in [6, 6.07) is 0. The number of thioether (sulfide) groups is 1. The highest BCUT2D eigenvalue weighted by Gasteiger charge is 2.27. The first kappa shape index (κ1) is 9.34. The smallest absolute Gasteiger partial charge is 0.239 e. The van der Waals surface area contributed by atoms with Gasteiger partial charge in [0, 0.05) is 7.11 Å². The second kappa shape index (κ2) is 4.32. The van der Waals surface area contributed by atoms with E-state index in [-0.39, 0.29) is 5.91 Å². The lowest BCUT2D eigenvalue weighted by atomic mass is 10.5. The van der Waals surface area contributed by atoms with Crippen molar-refractivity contribution in [3.05, 3.63) is 0 Å². The summed E-state index contributed by atoms with van der Waals surface area (Å²) >= 11 is 1.23. The van der Waals surface area contributed by atoms with Gasteiger partial charge in [0.05, 0.1) is 18.9 Å². The van der Waals surface area contributed by atoms with Crippen molar-refractivity contribution in [3.63, 3.8) is 0 Å². The quantitative estimate of drug-likeness (QED) is 0.501. The Hall–Kier alpha value is -0.750. The van der Waals surface area contributed by atoms with Crippen molar-refractivity contribution in [3.8, 4) is 0 Å². The molecule has 1 saturated heterocycles. The molecule has 1 rings (SSSR count). The van der Waals surface area contributed by atoms with Crippen LogP contribution in [0.3, 0.4) is 0 Å². The third kappa shape index (κ3) is 1.89. The summed E-state index contributed by atoms with van der Waals surface area (Å²) in [5, 5.41) is 11.8. The SMILES string of the molecule is COCCN1C(=O)CSC1=NO. The van der Waals surface area contributed by atoms with Crippen molar-refractivity contribution in [2.45, 2.75) is 0 Å². The maximum absolute atomic E-state index is 11.1. The van der Waals surface area contributed by atoms with Gasteiger partial charge < -0.3 is 9.94 Å². The molecule has 5 nitrogen and oxygen atoms in total. The van der Waals surface area contributed by atoms with E-state index in [4.69, 9.17) is 9.94 Å². The zero-order valence-electron chi connectivity index (χ0n) is 6.69. The molecular weight excluding hydrogens is 180 g/mol. The minimum absolute atomic E-state index is 0.0372. The maximum Gasteiger partial charge on any atom is 0.239 e. The zero-order chi connectivity index (χ0) is 8.97. The van der Waals surface area contributed by atoms with E-state index in [1.54, 1.807) is 7.11 Å². The van der Waals surface area contributed by atoms with Gasteiger partial charge >= 0.3 is 0 Å². The minimum Gasteiger partial charge on any atom is -0.409 e. The first-order chi connectivity index (χ1) is 5.79. The van der Waals surface area contributed by atoms with E-state index >= 15 is 0 Å². The number of amides is 1. The normalized spacial score (nSPS) is 20.9. The second-order valence-electron chi connectivity index (χ2n) is 2.21. The molecule has 0 saturated carbocycles. The Morgan fingerprint density at radius 1 is 1.83 bits per heavy atom. The lowest BCUT2D eigenvalue weighted by molar-refractivity contribution is -0.124. The van der Waals surface area contributed by atoms with Gasteiger partial charge in [-0.3, -0.25) is 9.69 Å². The highest BCUT2D eigenvalue weighted by atomic mass is 32.2. The van der Waals surface area contributed by atoms with E-state index in [1.807, 2.05) is 0 Å². The molecule has 68 valence electrons. The highest BCUT2D eigenvalue weighted by molar-refractivity contribution is 8.15. The summed E-state index contributed by atoms with van der Waals surface area (Å²) < 4.78 is 4.81. The van der Waals surface area contributed by atoms with Crippen molar-refractivity contribution in [1.82, 2.24) is 4.90 Å². The van der Waals surface area contributed by atoms with Gasteiger partial charge in [0.15, 0.2) is 0 Å². The first-order valence-electron chi connectivity index (χ1n) is 3.43. The lowest BCUT2D eigenvalue weighted by Crippen LogP contribution is -2.32. The van der Waals surface area contributed by atoms with Gasteiger partial charge in [0.2, 0.25) is 11.1 Å². The van der Waals surface area contributed by atoms with Gasteiger partial charge in [-0.1, -0.05) is 16.9 Å². The Bertz CT molecular complexity index is 207. The van der Waals surface area contributed by atoms with Crippen LogP contribution in [0.5, 0.6) is 0 Å². The monoisotopic (exact) mass is 190 g/mol. The number of hydrogen-bond donors (Lipinski definition) is 1. The van der Waals surface area contributed by atoms with Crippen LogP contribution in [-0.4, -0.2) is 47.2 Å². The summed E-state index contributed by atoms with van der Waals surface area (Å²) in [4.78, 5) is 12.5. The number of amidine groups is 1. The second-order valence-corrected chi connectivity index (χ2v) is 3.15. The first-order valence-corrected chi connectivity index (χ1v) is 4.42. The van der Waals surface area contributed by atoms with Gasteiger partial charge in [-0.15, -0.1) is 0 Å². The minimum atomic E-state index is -0.0372. The van der Waals surface area contributed by atoms with Crippen LogP contribution in [0.2, 0.25) is 0 Å². The van der Waals surface area contributed by atoms with Crippen LogP contribution in [-0.2, 0) is 9.53 Å². The topological polar surface area (TPSA) is 62.1 Å². The molecule has 1 fully saturated rings. The van der Waals surface area contributed by atoms with Crippen LogP contribution in [0.4, 0.5) is 0 Å². The largest absolute Gasteiger partial charge is 0.409 e. The molecule has 12 heavy (non-hydrogen) atoms. The molecule has 6 heteroatoms. The standard InChI is InChI=1S/C6H10N2O3S/c1-11-3-2-8-5(9)4-12-6(8)7-10/h10H,2-4H2,1H3. The van der Waals surface area contributed by atoms with E-state index in [2.05, 4.69) is 5.16 Å². The molecule has 0 radical (unpaired) electrons. The Labute approximate surface area is 74.4 Å². The summed E-state index contributed by atoms with van der Waals surface area (Å²) in [6.45, 7) is 0.896. The highest BCUT2D eigenvalue weighted by Crippen LogP contribution is 2.18. The number of methoxy groups -OCH3 is 1. The molecule has 0 aromatic rings. The third-order valence-electron chi connectivity index (χ3n) is 1.46. The lowest BCUT2D eigenvalue weighted by Gasteiger charge is -2.13. The number of nitrogens with zero attached hydrogens (tertiary/aromatic N) is 2. The van der Waals surface area contributed by atoms with Crippen molar-refractivity contribution in [2.75, 3.05) is 26.0 Å². The Kier molecular flexibility index (Phi) is 3.36. The number of oxime groups is 1. The van der Waals surface area contributed by atoms with Gasteiger partial charge in [-0.2, -0.15) is 0 Å². The average Bonchev–Trinajstić information content (AvgIpc) is 2.43. The van der Waals surface area contributed by atoms with Crippen LogP contribution in [0, 0.1) is 0 Å². The fourth-order valence-corrected chi connectivity index (χ4v) is 1.69. The summed E-state index contributed by atoms with van der Waals surface area (Å²) in [7, 11) is 1.56. The van der Waals surface area contributed by atoms with E-state index in [0.29, 0.717) is 24.1 Å². The third-order valence-corrected chi connectivity index (χ3v) is 2.41. The zero-order valence-corrected chi connectivity index (χ0v) is 7.50. The Morgan fingerprint density at radius 3 is 3.17 bits per heavy atom. The van der Waals surface area contributed by atoms with Crippen LogP contribution >= 0.6 is 11.8 Å². The molecule has 0 unspecified atom stereocenters. The van der Waals surface area contributed by atoms with Gasteiger partial charge in [0.1, 0.15) is 0 Å². The van der Waals surface area contributed by atoms with Crippen molar-refractivity contribution >= 4 is 22.8 Å². The molecule has 0 spiro atoms. The molecule has 0 bridgehead atoms. The van der Waals surface area contributed by atoms with Gasteiger partial charge in [-0.25, -0.2) is 0 Å². The van der Waals surface area contributed by atoms with E-state index < -0.39 is 0 Å².